The molecule has 2 amide bonds. The van der Waals surface area contributed by atoms with Gasteiger partial charge in [-0.1, -0.05) is 18.2 Å². The van der Waals surface area contributed by atoms with Gasteiger partial charge in [-0.2, -0.15) is 0 Å². The SMILES string of the molecule is C=CCN(C(=O)Cc1ccc(OC)cc1)C1CCN(C=O)CC1. The van der Waals surface area contributed by atoms with Crippen molar-refractivity contribution in [2.24, 2.45) is 0 Å². The number of carbonyl (C=O) groups is 2. The monoisotopic (exact) mass is 316 g/mol. The Labute approximate surface area is 137 Å². The van der Waals surface area contributed by atoms with Crippen molar-refractivity contribution >= 4 is 12.3 Å². The Balaban J connectivity index is 1.99. The van der Waals surface area contributed by atoms with Crippen LogP contribution >= 0.6 is 0 Å². The number of rotatable bonds is 7. The fourth-order valence-corrected chi connectivity index (χ4v) is 2.92. The summed E-state index contributed by atoms with van der Waals surface area (Å²) in [6.45, 7) is 5.72. The predicted molar refractivity (Wildman–Crippen MR) is 89.3 cm³/mol. The highest BCUT2D eigenvalue weighted by molar-refractivity contribution is 5.79. The van der Waals surface area contributed by atoms with Gasteiger partial charge in [-0.3, -0.25) is 9.59 Å². The molecule has 5 heteroatoms. The molecule has 0 unspecified atom stereocenters. The fourth-order valence-electron chi connectivity index (χ4n) is 2.92. The molecule has 1 aliphatic heterocycles. The number of hydrogen-bond acceptors (Lipinski definition) is 3. The number of likely N-dealkylation sites (tertiary alicyclic amines) is 1. The Kier molecular flexibility index (Phi) is 6.20. The highest BCUT2D eigenvalue weighted by Gasteiger charge is 2.26. The first-order valence-electron chi connectivity index (χ1n) is 7.90. The molecule has 124 valence electrons. The third-order valence-corrected chi connectivity index (χ3v) is 4.25. The van der Waals surface area contributed by atoms with Crippen LogP contribution in [0, 0.1) is 0 Å². The van der Waals surface area contributed by atoms with Crippen molar-refractivity contribution in [3.05, 3.63) is 42.5 Å². The van der Waals surface area contributed by atoms with Crippen molar-refractivity contribution in [2.75, 3.05) is 26.7 Å². The smallest absolute Gasteiger partial charge is 0.227 e. The van der Waals surface area contributed by atoms with Crippen molar-refractivity contribution in [3.63, 3.8) is 0 Å². The molecule has 0 atom stereocenters. The molecule has 0 aromatic heterocycles. The van der Waals surface area contributed by atoms with E-state index in [1.807, 2.05) is 29.2 Å². The summed E-state index contributed by atoms with van der Waals surface area (Å²) in [4.78, 5) is 27.1. The van der Waals surface area contributed by atoms with E-state index in [9.17, 15) is 9.59 Å². The molecule has 1 heterocycles. The van der Waals surface area contributed by atoms with Gasteiger partial charge >= 0.3 is 0 Å². The van der Waals surface area contributed by atoms with Crippen molar-refractivity contribution in [1.82, 2.24) is 9.80 Å². The molecule has 0 bridgehead atoms. The van der Waals surface area contributed by atoms with E-state index < -0.39 is 0 Å². The molecule has 0 N–H and O–H groups in total. The minimum atomic E-state index is 0.0969. The van der Waals surface area contributed by atoms with Crippen molar-refractivity contribution in [1.29, 1.82) is 0 Å². The van der Waals surface area contributed by atoms with Gasteiger partial charge in [0.2, 0.25) is 12.3 Å². The van der Waals surface area contributed by atoms with Crippen molar-refractivity contribution < 1.29 is 14.3 Å². The number of benzene rings is 1. The average Bonchev–Trinajstić information content (AvgIpc) is 2.60. The molecular formula is C18H24N2O3. The van der Waals surface area contributed by atoms with Crippen LogP contribution in [-0.4, -0.2) is 54.9 Å². The Bertz CT molecular complexity index is 534. The third kappa shape index (κ3) is 4.58. The largest absolute Gasteiger partial charge is 0.497 e. The zero-order chi connectivity index (χ0) is 16.7. The Morgan fingerprint density at radius 3 is 2.52 bits per heavy atom. The summed E-state index contributed by atoms with van der Waals surface area (Å²) in [6, 6.07) is 7.73. The Hall–Kier alpha value is -2.30. The van der Waals surface area contributed by atoms with Gasteiger partial charge in [0.25, 0.3) is 0 Å². The van der Waals surface area contributed by atoms with Crippen LogP contribution in [0.3, 0.4) is 0 Å². The Morgan fingerprint density at radius 2 is 2.00 bits per heavy atom. The number of hydrogen-bond donors (Lipinski definition) is 0. The topological polar surface area (TPSA) is 49.9 Å². The zero-order valence-corrected chi connectivity index (χ0v) is 13.6. The van der Waals surface area contributed by atoms with Crippen LogP contribution in [0.4, 0.5) is 0 Å². The minimum absolute atomic E-state index is 0.0969. The van der Waals surface area contributed by atoms with Gasteiger partial charge < -0.3 is 14.5 Å². The molecule has 0 saturated carbocycles. The van der Waals surface area contributed by atoms with Crippen LogP contribution in [0.1, 0.15) is 18.4 Å². The lowest BCUT2D eigenvalue weighted by Crippen LogP contribution is -2.47. The van der Waals surface area contributed by atoms with Crippen LogP contribution in [0.25, 0.3) is 0 Å². The first-order chi connectivity index (χ1) is 11.2. The number of piperidine rings is 1. The molecule has 1 aliphatic rings. The maximum Gasteiger partial charge on any atom is 0.227 e. The molecule has 2 rings (SSSR count). The van der Waals surface area contributed by atoms with E-state index in [-0.39, 0.29) is 11.9 Å². The summed E-state index contributed by atoms with van der Waals surface area (Å²) < 4.78 is 5.13. The van der Waals surface area contributed by atoms with Crippen LogP contribution in [0.5, 0.6) is 5.75 Å². The van der Waals surface area contributed by atoms with Gasteiger partial charge in [-0.05, 0) is 30.5 Å². The first kappa shape index (κ1) is 17.1. The normalized spacial score (nSPS) is 15.1. The second kappa shape index (κ2) is 8.36. The van der Waals surface area contributed by atoms with Crippen LogP contribution in [0.2, 0.25) is 0 Å². The van der Waals surface area contributed by atoms with Crippen molar-refractivity contribution in [2.45, 2.75) is 25.3 Å². The molecule has 1 fully saturated rings. The molecule has 1 aromatic rings. The summed E-state index contributed by atoms with van der Waals surface area (Å²) in [5.74, 6) is 0.880. The molecule has 0 spiro atoms. The van der Waals surface area contributed by atoms with Crippen LogP contribution < -0.4 is 4.74 Å². The van der Waals surface area contributed by atoms with Gasteiger partial charge in [-0.25, -0.2) is 0 Å². The number of carbonyl (C=O) groups excluding carboxylic acids is 2. The van der Waals surface area contributed by atoms with Crippen molar-refractivity contribution in [3.8, 4) is 5.75 Å². The minimum Gasteiger partial charge on any atom is -0.497 e. The lowest BCUT2D eigenvalue weighted by atomic mass is 10.0. The van der Waals surface area contributed by atoms with Gasteiger partial charge in [0, 0.05) is 25.7 Å². The highest BCUT2D eigenvalue weighted by atomic mass is 16.5. The van der Waals surface area contributed by atoms with E-state index >= 15 is 0 Å². The molecule has 1 saturated heterocycles. The lowest BCUT2D eigenvalue weighted by molar-refractivity contribution is -0.133. The average molecular weight is 316 g/mol. The fraction of sp³-hybridized carbons (Fsp3) is 0.444. The van der Waals surface area contributed by atoms with Gasteiger partial charge in [0.1, 0.15) is 5.75 Å². The first-order valence-corrected chi connectivity index (χ1v) is 7.90. The second-order valence-electron chi connectivity index (χ2n) is 5.73. The van der Waals surface area contributed by atoms with E-state index in [1.165, 1.54) is 0 Å². The second-order valence-corrected chi connectivity index (χ2v) is 5.73. The van der Waals surface area contributed by atoms with Gasteiger partial charge in [-0.15, -0.1) is 6.58 Å². The number of ether oxygens (including phenoxy) is 1. The number of amides is 2. The highest BCUT2D eigenvalue weighted by Crippen LogP contribution is 2.18. The summed E-state index contributed by atoms with van der Waals surface area (Å²) in [5, 5.41) is 0. The van der Waals surface area contributed by atoms with Gasteiger partial charge in [0.05, 0.1) is 13.5 Å². The standard InChI is InChI=1S/C18H24N2O3/c1-3-10-20(16-8-11-19(14-21)12-9-16)18(22)13-15-4-6-17(23-2)7-5-15/h3-7,14,16H,1,8-13H2,2H3. The Morgan fingerprint density at radius 1 is 1.35 bits per heavy atom. The maximum absolute atomic E-state index is 12.7. The predicted octanol–water partition coefficient (Wildman–Crippen LogP) is 1.87. The van der Waals surface area contributed by atoms with Gasteiger partial charge in [0.15, 0.2) is 0 Å². The maximum atomic E-state index is 12.7. The number of nitrogens with zero attached hydrogens (tertiary/aromatic N) is 2. The molecule has 0 radical (unpaired) electrons. The van der Waals surface area contributed by atoms with E-state index in [0.29, 0.717) is 26.1 Å². The van der Waals surface area contributed by atoms with E-state index in [4.69, 9.17) is 4.74 Å². The molecule has 0 aliphatic carbocycles. The molecule has 23 heavy (non-hydrogen) atoms. The molecule has 5 nitrogen and oxygen atoms in total. The summed E-state index contributed by atoms with van der Waals surface area (Å²) in [5.41, 5.74) is 0.968. The summed E-state index contributed by atoms with van der Waals surface area (Å²) in [7, 11) is 1.62. The lowest BCUT2D eigenvalue weighted by Gasteiger charge is -2.37. The summed E-state index contributed by atoms with van der Waals surface area (Å²) >= 11 is 0. The number of methoxy groups -OCH3 is 1. The molecule has 1 aromatic carbocycles. The van der Waals surface area contributed by atoms with E-state index in [0.717, 1.165) is 30.6 Å². The van der Waals surface area contributed by atoms with E-state index in [2.05, 4.69) is 6.58 Å². The quantitative estimate of drug-likeness (QED) is 0.570. The van der Waals surface area contributed by atoms with Crippen LogP contribution in [0.15, 0.2) is 36.9 Å². The third-order valence-electron chi connectivity index (χ3n) is 4.25. The molecular weight excluding hydrogens is 292 g/mol. The van der Waals surface area contributed by atoms with E-state index in [1.54, 1.807) is 18.1 Å². The summed E-state index contributed by atoms with van der Waals surface area (Å²) in [6.07, 6.45) is 4.65. The zero-order valence-electron chi connectivity index (χ0n) is 13.6. The van der Waals surface area contributed by atoms with Crippen LogP contribution in [-0.2, 0) is 16.0 Å².